The molecule has 5 heteroatoms. The molecule has 0 atom stereocenters. The van der Waals surface area contributed by atoms with Gasteiger partial charge in [0.2, 0.25) is 0 Å². The number of hydrogen-bond acceptors (Lipinski definition) is 3. The summed E-state index contributed by atoms with van der Waals surface area (Å²) in [6.07, 6.45) is 0. The third-order valence-electron chi connectivity index (χ3n) is 1.81. The number of nitrogens with zero attached hydrogens (tertiary/aromatic N) is 2. The molecule has 0 aromatic heterocycles. The second-order valence-electron chi connectivity index (χ2n) is 3.45. The van der Waals surface area contributed by atoms with Gasteiger partial charge in [0.05, 0.1) is 6.61 Å². The van der Waals surface area contributed by atoms with E-state index in [-0.39, 0.29) is 0 Å². The van der Waals surface area contributed by atoms with Crippen LogP contribution in [0.4, 0.5) is 0 Å². The number of rotatable bonds is 6. The number of thiocarbonyl (C=S) groups is 1. The van der Waals surface area contributed by atoms with Crippen LogP contribution in [0.2, 0.25) is 0 Å². The molecule has 0 aliphatic rings. The van der Waals surface area contributed by atoms with E-state index in [2.05, 4.69) is 24.3 Å². The molecular weight excluding hydrogens is 198 g/mol. The quantitative estimate of drug-likeness (QED) is 0.501. The summed E-state index contributed by atoms with van der Waals surface area (Å²) in [5.74, 6) is 0. The fourth-order valence-electron chi connectivity index (χ4n) is 0.847. The predicted molar refractivity (Wildman–Crippen MR) is 63.7 cm³/mol. The first kappa shape index (κ1) is 13.6. The van der Waals surface area contributed by atoms with Gasteiger partial charge in [-0.1, -0.05) is 0 Å². The van der Waals surface area contributed by atoms with Gasteiger partial charge in [0.25, 0.3) is 0 Å². The molecule has 0 radical (unpaired) electrons. The standard InChI is InChI=1S/C9H21N3OS/c1-11(2)6-7-12(3)9(14)10-5-8-13-4/h5-8H2,1-4H3,(H,10,14). The maximum atomic E-state index is 5.18. The molecule has 0 saturated carbocycles. The summed E-state index contributed by atoms with van der Waals surface area (Å²) in [4.78, 5) is 4.17. The summed E-state index contributed by atoms with van der Waals surface area (Å²) < 4.78 is 4.92. The van der Waals surface area contributed by atoms with E-state index in [1.54, 1.807) is 7.11 Å². The van der Waals surface area contributed by atoms with Crippen molar-refractivity contribution < 1.29 is 4.74 Å². The van der Waals surface area contributed by atoms with Gasteiger partial charge < -0.3 is 19.9 Å². The van der Waals surface area contributed by atoms with Crippen LogP contribution in [0.5, 0.6) is 0 Å². The lowest BCUT2D eigenvalue weighted by Gasteiger charge is -2.22. The van der Waals surface area contributed by atoms with E-state index < -0.39 is 0 Å². The maximum Gasteiger partial charge on any atom is 0.168 e. The zero-order chi connectivity index (χ0) is 11.0. The van der Waals surface area contributed by atoms with Crippen molar-refractivity contribution in [2.45, 2.75) is 0 Å². The monoisotopic (exact) mass is 219 g/mol. The molecule has 1 N–H and O–H groups in total. The van der Waals surface area contributed by atoms with Crippen LogP contribution in [0.15, 0.2) is 0 Å². The lowest BCUT2D eigenvalue weighted by molar-refractivity contribution is 0.203. The molecule has 0 rings (SSSR count). The molecule has 0 aromatic carbocycles. The molecular formula is C9H21N3OS. The first-order chi connectivity index (χ1) is 6.57. The Balaban J connectivity index is 3.54. The second kappa shape index (κ2) is 7.96. The minimum Gasteiger partial charge on any atom is -0.383 e. The molecule has 0 aromatic rings. The zero-order valence-electron chi connectivity index (χ0n) is 9.54. The van der Waals surface area contributed by atoms with Gasteiger partial charge in [-0.15, -0.1) is 0 Å². The largest absolute Gasteiger partial charge is 0.383 e. The molecule has 0 spiro atoms. The van der Waals surface area contributed by atoms with Gasteiger partial charge in [-0.25, -0.2) is 0 Å². The van der Waals surface area contributed by atoms with Crippen LogP contribution < -0.4 is 5.32 Å². The summed E-state index contributed by atoms with van der Waals surface area (Å²) >= 11 is 5.18. The second-order valence-corrected chi connectivity index (χ2v) is 3.84. The Hall–Kier alpha value is -0.390. The molecule has 0 aliphatic carbocycles. The van der Waals surface area contributed by atoms with Crippen LogP contribution in [0.3, 0.4) is 0 Å². The topological polar surface area (TPSA) is 27.7 Å². The van der Waals surface area contributed by atoms with E-state index in [1.165, 1.54) is 0 Å². The molecule has 0 unspecified atom stereocenters. The molecule has 0 amide bonds. The molecule has 4 nitrogen and oxygen atoms in total. The van der Waals surface area contributed by atoms with Crippen molar-refractivity contribution in [1.82, 2.24) is 15.1 Å². The Morgan fingerprint density at radius 2 is 1.93 bits per heavy atom. The lowest BCUT2D eigenvalue weighted by atomic mass is 10.5. The van der Waals surface area contributed by atoms with Crippen molar-refractivity contribution in [1.29, 1.82) is 0 Å². The Labute approximate surface area is 92.2 Å². The van der Waals surface area contributed by atoms with E-state index in [4.69, 9.17) is 17.0 Å². The number of methoxy groups -OCH3 is 1. The summed E-state index contributed by atoms with van der Waals surface area (Å²) in [6, 6.07) is 0. The molecule has 84 valence electrons. The zero-order valence-corrected chi connectivity index (χ0v) is 10.4. The first-order valence-electron chi connectivity index (χ1n) is 4.70. The molecule has 0 fully saturated rings. The minimum absolute atomic E-state index is 0.682. The fraction of sp³-hybridized carbons (Fsp3) is 0.889. The smallest absolute Gasteiger partial charge is 0.168 e. The van der Waals surface area contributed by atoms with Crippen molar-refractivity contribution in [2.24, 2.45) is 0 Å². The highest BCUT2D eigenvalue weighted by atomic mass is 32.1. The maximum absolute atomic E-state index is 5.18. The highest BCUT2D eigenvalue weighted by molar-refractivity contribution is 7.80. The molecule has 0 heterocycles. The minimum atomic E-state index is 0.682. The predicted octanol–water partition coefficient (Wildman–Crippen LogP) is 0.000700. The van der Waals surface area contributed by atoms with Crippen molar-refractivity contribution in [2.75, 3.05) is 54.5 Å². The Bertz CT molecular complexity index is 164. The van der Waals surface area contributed by atoms with Gasteiger partial charge in [0.1, 0.15) is 0 Å². The van der Waals surface area contributed by atoms with E-state index >= 15 is 0 Å². The van der Waals surface area contributed by atoms with Crippen LogP contribution in [0.1, 0.15) is 0 Å². The SMILES string of the molecule is COCCNC(=S)N(C)CCN(C)C. The van der Waals surface area contributed by atoms with Crippen LogP contribution in [-0.2, 0) is 4.74 Å². The van der Waals surface area contributed by atoms with Crippen LogP contribution in [-0.4, -0.2) is 69.4 Å². The van der Waals surface area contributed by atoms with Crippen LogP contribution in [0.25, 0.3) is 0 Å². The summed E-state index contributed by atoms with van der Waals surface area (Å²) in [5, 5.41) is 3.90. The van der Waals surface area contributed by atoms with Crippen molar-refractivity contribution in [3.8, 4) is 0 Å². The van der Waals surface area contributed by atoms with Gasteiger partial charge in [-0.2, -0.15) is 0 Å². The lowest BCUT2D eigenvalue weighted by Crippen LogP contribution is -2.41. The number of likely N-dealkylation sites (N-methyl/N-ethyl adjacent to an activating group) is 2. The summed E-state index contributed by atoms with van der Waals surface area (Å²) in [6.45, 7) is 3.39. The van der Waals surface area contributed by atoms with E-state index in [1.807, 2.05) is 11.9 Å². The van der Waals surface area contributed by atoms with Crippen LogP contribution in [0, 0.1) is 0 Å². The van der Waals surface area contributed by atoms with E-state index in [9.17, 15) is 0 Å². The number of ether oxygens (including phenoxy) is 1. The molecule has 0 bridgehead atoms. The van der Waals surface area contributed by atoms with E-state index in [0.29, 0.717) is 6.61 Å². The Morgan fingerprint density at radius 1 is 1.29 bits per heavy atom. The normalized spacial score (nSPS) is 10.4. The van der Waals surface area contributed by atoms with Crippen molar-refractivity contribution in [3.63, 3.8) is 0 Å². The van der Waals surface area contributed by atoms with Gasteiger partial charge in [-0.05, 0) is 26.3 Å². The molecule has 14 heavy (non-hydrogen) atoms. The highest BCUT2D eigenvalue weighted by Gasteiger charge is 2.02. The average Bonchev–Trinajstić information content (AvgIpc) is 2.14. The Morgan fingerprint density at radius 3 is 2.43 bits per heavy atom. The van der Waals surface area contributed by atoms with Crippen molar-refractivity contribution in [3.05, 3.63) is 0 Å². The van der Waals surface area contributed by atoms with Gasteiger partial charge >= 0.3 is 0 Å². The summed E-state index contributed by atoms with van der Waals surface area (Å²) in [7, 11) is 7.77. The fourth-order valence-corrected chi connectivity index (χ4v) is 1.04. The first-order valence-corrected chi connectivity index (χ1v) is 5.11. The third kappa shape index (κ3) is 7.06. The third-order valence-corrected chi connectivity index (χ3v) is 2.27. The molecule has 0 aliphatic heterocycles. The van der Waals surface area contributed by atoms with Gasteiger partial charge in [0, 0.05) is 33.8 Å². The highest BCUT2D eigenvalue weighted by Crippen LogP contribution is 1.86. The van der Waals surface area contributed by atoms with E-state index in [0.717, 1.165) is 24.7 Å². The molecule has 0 saturated heterocycles. The summed E-state index contributed by atoms with van der Waals surface area (Å²) in [5.41, 5.74) is 0. The average molecular weight is 219 g/mol. The number of hydrogen-bond donors (Lipinski definition) is 1. The van der Waals surface area contributed by atoms with Crippen LogP contribution >= 0.6 is 12.2 Å². The van der Waals surface area contributed by atoms with Crippen molar-refractivity contribution >= 4 is 17.3 Å². The Kier molecular flexibility index (Phi) is 7.74. The number of nitrogens with one attached hydrogen (secondary N) is 1. The van der Waals surface area contributed by atoms with Gasteiger partial charge in [0.15, 0.2) is 5.11 Å². The van der Waals surface area contributed by atoms with Gasteiger partial charge in [-0.3, -0.25) is 0 Å².